The van der Waals surface area contributed by atoms with Crippen molar-refractivity contribution >= 4 is 27.8 Å². The molecule has 2 aromatic carbocycles. The van der Waals surface area contributed by atoms with Crippen molar-refractivity contribution in [2.24, 2.45) is 0 Å². The number of furan rings is 1. The van der Waals surface area contributed by atoms with Crippen LogP contribution in [0.1, 0.15) is 29.1 Å². The minimum atomic E-state index is -0.225. The van der Waals surface area contributed by atoms with Crippen molar-refractivity contribution in [2.45, 2.75) is 13.0 Å². The Morgan fingerprint density at radius 2 is 1.96 bits per heavy atom. The Morgan fingerprint density at radius 1 is 1.08 bits per heavy atom. The predicted octanol–water partition coefficient (Wildman–Crippen LogP) is 4.47. The standard InChI is InChI=1S/C20H16N2O2/c1-13(19-12-14-6-2-3-10-18(14)24-19)22-20(23)16-7-4-9-17-15(16)8-5-11-21-17/h2-13H,1H3,(H,22,23)/t13-/m1/s1. The van der Waals surface area contributed by atoms with E-state index in [-0.39, 0.29) is 11.9 Å². The van der Waals surface area contributed by atoms with Crippen molar-refractivity contribution in [2.75, 3.05) is 0 Å². The van der Waals surface area contributed by atoms with Gasteiger partial charge >= 0.3 is 0 Å². The van der Waals surface area contributed by atoms with E-state index in [0.717, 1.165) is 27.6 Å². The van der Waals surface area contributed by atoms with Crippen LogP contribution >= 0.6 is 0 Å². The van der Waals surface area contributed by atoms with Crippen molar-refractivity contribution < 1.29 is 9.21 Å². The Balaban J connectivity index is 1.63. The van der Waals surface area contributed by atoms with E-state index in [9.17, 15) is 4.79 Å². The third-order valence-electron chi connectivity index (χ3n) is 4.11. The average molecular weight is 316 g/mol. The van der Waals surface area contributed by atoms with Gasteiger partial charge in [-0.15, -0.1) is 0 Å². The minimum Gasteiger partial charge on any atom is -0.459 e. The first-order valence-corrected chi connectivity index (χ1v) is 7.85. The summed E-state index contributed by atoms with van der Waals surface area (Å²) in [7, 11) is 0. The summed E-state index contributed by atoms with van der Waals surface area (Å²) in [6.07, 6.45) is 1.72. The van der Waals surface area contributed by atoms with E-state index < -0.39 is 0 Å². The number of pyridine rings is 1. The Labute approximate surface area is 139 Å². The third-order valence-corrected chi connectivity index (χ3v) is 4.11. The molecule has 24 heavy (non-hydrogen) atoms. The van der Waals surface area contributed by atoms with Crippen molar-refractivity contribution in [3.63, 3.8) is 0 Å². The fourth-order valence-corrected chi connectivity index (χ4v) is 2.86. The monoisotopic (exact) mass is 316 g/mol. The second-order valence-corrected chi connectivity index (χ2v) is 5.76. The molecule has 0 bridgehead atoms. The van der Waals surface area contributed by atoms with E-state index in [1.807, 2.05) is 67.6 Å². The first kappa shape index (κ1) is 14.5. The van der Waals surface area contributed by atoms with E-state index in [4.69, 9.17) is 4.42 Å². The number of carbonyl (C=O) groups is 1. The van der Waals surface area contributed by atoms with E-state index >= 15 is 0 Å². The summed E-state index contributed by atoms with van der Waals surface area (Å²) in [4.78, 5) is 17.0. The largest absolute Gasteiger partial charge is 0.459 e. The van der Waals surface area contributed by atoms with Crippen molar-refractivity contribution in [1.82, 2.24) is 10.3 Å². The van der Waals surface area contributed by atoms with Gasteiger partial charge in [0.1, 0.15) is 11.3 Å². The van der Waals surface area contributed by atoms with E-state index in [0.29, 0.717) is 5.56 Å². The average Bonchev–Trinajstić information content (AvgIpc) is 3.05. The summed E-state index contributed by atoms with van der Waals surface area (Å²) in [5.41, 5.74) is 2.24. The van der Waals surface area contributed by atoms with Gasteiger partial charge in [-0.25, -0.2) is 0 Å². The number of para-hydroxylation sites is 1. The number of amides is 1. The van der Waals surface area contributed by atoms with Gasteiger partial charge in [-0.3, -0.25) is 9.78 Å². The van der Waals surface area contributed by atoms with E-state index in [1.54, 1.807) is 6.20 Å². The number of hydrogen-bond donors (Lipinski definition) is 1. The molecule has 118 valence electrons. The first-order chi connectivity index (χ1) is 11.7. The Bertz CT molecular complexity index is 998. The SMILES string of the molecule is C[C@@H](NC(=O)c1cccc2ncccc12)c1cc2ccccc2o1. The van der Waals surface area contributed by atoms with Crippen LogP contribution in [-0.4, -0.2) is 10.9 Å². The van der Waals surface area contributed by atoms with Crippen LogP contribution in [0.5, 0.6) is 0 Å². The van der Waals surface area contributed by atoms with Crippen LogP contribution in [0.4, 0.5) is 0 Å². The normalized spacial score (nSPS) is 12.4. The van der Waals surface area contributed by atoms with Crippen LogP contribution in [-0.2, 0) is 0 Å². The number of fused-ring (bicyclic) bond motifs is 2. The van der Waals surface area contributed by atoms with Gasteiger partial charge in [0, 0.05) is 22.5 Å². The Morgan fingerprint density at radius 3 is 2.83 bits per heavy atom. The second-order valence-electron chi connectivity index (χ2n) is 5.76. The highest BCUT2D eigenvalue weighted by Crippen LogP contribution is 2.24. The van der Waals surface area contributed by atoms with Gasteiger partial charge in [-0.1, -0.05) is 30.3 Å². The maximum absolute atomic E-state index is 12.7. The number of nitrogens with one attached hydrogen (secondary N) is 1. The molecule has 0 aliphatic carbocycles. The lowest BCUT2D eigenvalue weighted by Crippen LogP contribution is -2.26. The van der Waals surface area contributed by atoms with E-state index in [2.05, 4.69) is 10.3 Å². The number of benzene rings is 2. The predicted molar refractivity (Wildman–Crippen MR) is 93.8 cm³/mol. The lowest BCUT2D eigenvalue weighted by atomic mass is 10.1. The highest BCUT2D eigenvalue weighted by molar-refractivity contribution is 6.06. The number of carbonyl (C=O) groups excluding carboxylic acids is 1. The molecule has 1 N–H and O–H groups in total. The zero-order valence-electron chi connectivity index (χ0n) is 13.2. The van der Waals surface area contributed by atoms with Gasteiger partial charge in [-0.05, 0) is 37.3 Å². The molecule has 2 heterocycles. The van der Waals surface area contributed by atoms with Crippen LogP contribution in [0.3, 0.4) is 0 Å². The second kappa shape index (κ2) is 5.81. The number of aromatic nitrogens is 1. The maximum atomic E-state index is 12.7. The highest BCUT2D eigenvalue weighted by atomic mass is 16.3. The Kier molecular flexibility index (Phi) is 3.50. The molecule has 4 heteroatoms. The number of nitrogens with zero attached hydrogens (tertiary/aromatic N) is 1. The fourth-order valence-electron chi connectivity index (χ4n) is 2.86. The van der Waals surface area contributed by atoms with Gasteiger partial charge in [0.25, 0.3) is 5.91 Å². The van der Waals surface area contributed by atoms with Gasteiger partial charge in [-0.2, -0.15) is 0 Å². The summed E-state index contributed by atoms with van der Waals surface area (Å²) in [6, 6.07) is 18.8. The molecular formula is C20H16N2O2. The highest BCUT2D eigenvalue weighted by Gasteiger charge is 2.17. The molecule has 2 aromatic heterocycles. The molecule has 0 spiro atoms. The van der Waals surface area contributed by atoms with E-state index in [1.165, 1.54) is 0 Å². The first-order valence-electron chi connectivity index (χ1n) is 7.85. The van der Waals surface area contributed by atoms with Gasteiger partial charge < -0.3 is 9.73 Å². The molecule has 0 radical (unpaired) electrons. The van der Waals surface area contributed by atoms with Gasteiger partial charge in [0.2, 0.25) is 0 Å². The topological polar surface area (TPSA) is 55.1 Å². The Hall–Kier alpha value is -3.14. The van der Waals surface area contributed by atoms with Gasteiger partial charge in [0.05, 0.1) is 11.6 Å². The maximum Gasteiger partial charge on any atom is 0.252 e. The molecule has 1 atom stereocenters. The smallest absolute Gasteiger partial charge is 0.252 e. The number of rotatable bonds is 3. The van der Waals surface area contributed by atoms with Crippen LogP contribution in [0, 0.1) is 0 Å². The zero-order valence-corrected chi connectivity index (χ0v) is 13.2. The van der Waals surface area contributed by atoms with Crippen molar-refractivity contribution in [3.05, 3.63) is 78.2 Å². The molecule has 0 aliphatic heterocycles. The molecule has 0 aliphatic rings. The number of hydrogen-bond acceptors (Lipinski definition) is 3. The quantitative estimate of drug-likeness (QED) is 0.606. The lowest BCUT2D eigenvalue weighted by molar-refractivity contribution is 0.0937. The summed E-state index contributed by atoms with van der Waals surface area (Å²) in [5, 5.41) is 4.88. The van der Waals surface area contributed by atoms with Crippen LogP contribution in [0.2, 0.25) is 0 Å². The van der Waals surface area contributed by atoms with Crippen LogP contribution < -0.4 is 5.32 Å². The third kappa shape index (κ3) is 2.52. The zero-order chi connectivity index (χ0) is 16.5. The summed E-state index contributed by atoms with van der Waals surface area (Å²) < 4.78 is 5.83. The van der Waals surface area contributed by atoms with Crippen LogP contribution in [0.25, 0.3) is 21.9 Å². The fraction of sp³-hybridized carbons (Fsp3) is 0.100. The molecule has 0 unspecified atom stereocenters. The van der Waals surface area contributed by atoms with Crippen molar-refractivity contribution in [3.8, 4) is 0 Å². The van der Waals surface area contributed by atoms with Crippen LogP contribution in [0.15, 0.2) is 71.3 Å². The lowest BCUT2D eigenvalue weighted by Gasteiger charge is -2.12. The molecule has 0 saturated carbocycles. The molecule has 1 amide bonds. The minimum absolute atomic E-state index is 0.137. The molecule has 4 rings (SSSR count). The molecule has 4 nitrogen and oxygen atoms in total. The molecule has 0 saturated heterocycles. The van der Waals surface area contributed by atoms with Crippen molar-refractivity contribution in [1.29, 1.82) is 0 Å². The summed E-state index contributed by atoms with van der Waals surface area (Å²) >= 11 is 0. The molecular weight excluding hydrogens is 300 g/mol. The van der Waals surface area contributed by atoms with Gasteiger partial charge in [0.15, 0.2) is 0 Å². The summed E-state index contributed by atoms with van der Waals surface area (Å²) in [6.45, 7) is 1.92. The molecule has 4 aromatic rings. The molecule has 0 fully saturated rings. The summed E-state index contributed by atoms with van der Waals surface area (Å²) in [5.74, 6) is 0.601.